The van der Waals surface area contributed by atoms with Crippen LogP contribution in [0.1, 0.15) is 12.8 Å². The standard InChI is InChI=1S/C20H22N2O4/c23-17-13-9-1-2-10(7-9)14(13)18(24)21(17)5-6-22-19(25)15-11-3-4-12(8-11)16(15)20(22)26/h1-4,9-17,23H,5-8H2. The summed E-state index contributed by atoms with van der Waals surface area (Å²) in [5, 5.41) is 10.7. The zero-order valence-corrected chi connectivity index (χ0v) is 14.4. The van der Waals surface area contributed by atoms with Crippen molar-refractivity contribution < 1.29 is 19.5 Å². The lowest BCUT2D eigenvalue weighted by Gasteiger charge is -2.27. The van der Waals surface area contributed by atoms with Gasteiger partial charge in [-0.3, -0.25) is 19.3 Å². The highest BCUT2D eigenvalue weighted by Gasteiger charge is 2.61. The lowest BCUT2D eigenvalue weighted by atomic mass is 9.85. The minimum Gasteiger partial charge on any atom is -0.373 e. The SMILES string of the molecule is O=C1C2C3C=CC(C3)C2C(=O)N1CCN1C(=O)C2C3C=CC(C3)C2C1O. The summed E-state index contributed by atoms with van der Waals surface area (Å²) in [6, 6.07) is 0. The Hall–Kier alpha value is -1.95. The molecule has 136 valence electrons. The zero-order chi connectivity index (χ0) is 17.7. The predicted molar refractivity (Wildman–Crippen MR) is 89.9 cm³/mol. The molecule has 26 heavy (non-hydrogen) atoms. The first-order valence-electron chi connectivity index (χ1n) is 9.76. The second-order valence-electron chi connectivity index (χ2n) is 8.82. The van der Waals surface area contributed by atoms with E-state index in [0.717, 1.165) is 12.8 Å². The van der Waals surface area contributed by atoms with Gasteiger partial charge in [0.15, 0.2) is 0 Å². The molecule has 4 aliphatic carbocycles. The van der Waals surface area contributed by atoms with E-state index in [2.05, 4.69) is 24.3 Å². The molecule has 0 aromatic heterocycles. The minimum atomic E-state index is -0.794. The molecular weight excluding hydrogens is 332 g/mol. The number of fused-ring (bicyclic) bond motifs is 10. The summed E-state index contributed by atoms with van der Waals surface area (Å²) < 4.78 is 0. The van der Waals surface area contributed by atoms with Crippen LogP contribution in [0.3, 0.4) is 0 Å². The fourth-order valence-corrected chi connectivity index (χ4v) is 6.78. The Morgan fingerprint density at radius 3 is 1.92 bits per heavy atom. The summed E-state index contributed by atoms with van der Waals surface area (Å²) in [4.78, 5) is 41.2. The van der Waals surface area contributed by atoms with Crippen LogP contribution in [0.5, 0.6) is 0 Å². The summed E-state index contributed by atoms with van der Waals surface area (Å²) >= 11 is 0. The molecule has 3 amide bonds. The van der Waals surface area contributed by atoms with Gasteiger partial charge in [-0.25, -0.2) is 0 Å². The van der Waals surface area contributed by atoms with Crippen LogP contribution in [0.15, 0.2) is 24.3 Å². The Labute approximate surface area is 151 Å². The summed E-state index contributed by atoms with van der Waals surface area (Å²) in [6.45, 7) is 0.446. The van der Waals surface area contributed by atoms with E-state index < -0.39 is 6.23 Å². The van der Waals surface area contributed by atoms with Crippen molar-refractivity contribution in [1.82, 2.24) is 9.80 Å². The van der Waals surface area contributed by atoms with Gasteiger partial charge in [0.2, 0.25) is 17.7 Å². The number of aliphatic hydroxyl groups is 1. The number of hydrogen-bond donors (Lipinski definition) is 1. The third-order valence-electron chi connectivity index (χ3n) is 7.88. The highest BCUT2D eigenvalue weighted by molar-refractivity contribution is 6.06. The lowest BCUT2D eigenvalue weighted by molar-refractivity contribution is -0.144. The molecule has 4 fully saturated rings. The Kier molecular flexibility index (Phi) is 2.83. The number of likely N-dealkylation sites (tertiary alicyclic amines) is 2. The number of nitrogens with zero attached hydrogens (tertiary/aromatic N) is 2. The van der Waals surface area contributed by atoms with E-state index in [0.29, 0.717) is 0 Å². The van der Waals surface area contributed by atoms with Crippen molar-refractivity contribution in [3.63, 3.8) is 0 Å². The third kappa shape index (κ3) is 1.65. The molecule has 2 saturated carbocycles. The van der Waals surface area contributed by atoms with Crippen molar-refractivity contribution in [2.45, 2.75) is 19.1 Å². The maximum atomic E-state index is 12.8. The maximum absolute atomic E-state index is 12.8. The Bertz CT molecular complexity index is 759. The number of hydrogen-bond acceptors (Lipinski definition) is 4. The van der Waals surface area contributed by atoms with Gasteiger partial charge in [0.1, 0.15) is 6.23 Å². The average molecular weight is 354 g/mol. The number of amides is 3. The third-order valence-corrected chi connectivity index (χ3v) is 7.88. The van der Waals surface area contributed by atoms with Crippen molar-refractivity contribution >= 4 is 17.7 Å². The second kappa shape index (κ2) is 4.85. The van der Waals surface area contributed by atoms with Gasteiger partial charge < -0.3 is 10.0 Å². The average Bonchev–Trinajstić information content (AvgIpc) is 3.43. The Balaban J connectivity index is 1.18. The predicted octanol–water partition coefficient (Wildman–Crippen LogP) is 0.392. The van der Waals surface area contributed by atoms with E-state index in [-0.39, 0.29) is 78.2 Å². The highest BCUT2D eigenvalue weighted by atomic mass is 16.3. The molecular formula is C20H22N2O4. The number of allylic oxidation sites excluding steroid dienone is 4. The molecule has 0 spiro atoms. The summed E-state index contributed by atoms with van der Waals surface area (Å²) in [6.07, 6.45) is 9.49. The number of imide groups is 1. The largest absolute Gasteiger partial charge is 0.373 e. The van der Waals surface area contributed by atoms with Crippen LogP contribution >= 0.6 is 0 Å². The number of aliphatic hydroxyl groups excluding tert-OH is 1. The Morgan fingerprint density at radius 2 is 1.31 bits per heavy atom. The summed E-state index contributed by atoms with van der Waals surface area (Å²) in [5.74, 6) is 0.204. The first-order valence-corrected chi connectivity index (χ1v) is 9.76. The van der Waals surface area contributed by atoms with Gasteiger partial charge in [0, 0.05) is 19.0 Å². The molecule has 2 saturated heterocycles. The fourth-order valence-electron chi connectivity index (χ4n) is 6.78. The molecule has 6 nitrogen and oxygen atoms in total. The smallest absolute Gasteiger partial charge is 0.233 e. The lowest BCUT2D eigenvalue weighted by Crippen LogP contribution is -2.44. The molecule has 0 aromatic carbocycles. The van der Waals surface area contributed by atoms with Crippen molar-refractivity contribution in [2.24, 2.45) is 47.3 Å². The molecule has 6 rings (SSSR count). The fraction of sp³-hybridized carbons (Fsp3) is 0.650. The topological polar surface area (TPSA) is 77.9 Å². The van der Waals surface area contributed by atoms with Crippen molar-refractivity contribution in [2.75, 3.05) is 13.1 Å². The van der Waals surface area contributed by atoms with Gasteiger partial charge in [-0.15, -0.1) is 0 Å². The molecule has 2 aliphatic heterocycles. The summed E-state index contributed by atoms with van der Waals surface area (Å²) in [7, 11) is 0. The minimum absolute atomic E-state index is 0.0135. The van der Waals surface area contributed by atoms with Crippen molar-refractivity contribution in [1.29, 1.82) is 0 Å². The Morgan fingerprint density at radius 1 is 0.769 bits per heavy atom. The van der Waals surface area contributed by atoms with Gasteiger partial charge in [-0.2, -0.15) is 0 Å². The number of carbonyl (C=O) groups is 3. The molecule has 1 N–H and O–H groups in total. The maximum Gasteiger partial charge on any atom is 0.233 e. The molecule has 0 radical (unpaired) electrons. The van der Waals surface area contributed by atoms with Crippen molar-refractivity contribution in [3.05, 3.63) is 24.3 Å². The van der Waals surface area contributed by atoms with E-state index in [1.165, 1.54) is 9.80 Å². The van der Waals surface area contributed by atoms with E-state index >= 15 is 0 Å². The number of carbonyl (C=O) groups excluding carboxylic acids is 3. The quantitative estimate of drug-likeness (QED) is 0.588. The van der Waals surface area contributed by atoms with Gasteiger partial charge in [0.25, 0.3) is 0 Å². The normalized spacial score (nSPS) is 49.9. The first-order chi connectivity index (χ1) is 12.6. The monoisotopic (exact) mass is 354 g/mol. The molecule has 2 heterocycles. The van der Waals surface area contributed by atoms with Crippen LogP contribution in [0.4, 0.5) is 0 Å². The molecule has 4 bridgehead atoms. The van der Waals surface area contributed by atoms with Crippen LogP contribution in [-0.4, -0.2) is 51.9 Å². The van der Waals surface area contributed by atoms with Crippen LogP contribution in [-0.2, 0) is 14.4 Å². The molecule has 9 atom stereocenters. The van der Waals surface area contributed by atoms with Gasteiger partial charge >= 0.3 is 0 Å². The van der Waals surface area contributed by atoms with Crippen LogP contribution in [0, 0.1) is 47.3 Å². The molecule has 6 heteroatoms. The van der Waals surface area contributed by atoms with E-state index in [1.54, 1.807) is 0 Å². The van der Waals surface area contributed by atoms with Crippen LogP contribution < -0.4 is 0 Å². The first kappa shape index (κ1) is 15.1. The van der Waals surface area contributed by atoms with Crippen LogP contribution in [0.2, 0.25) is 0 Å². The van der Waals surface area contributed by atoms with E-state index in [4.69, 9.17) is 0 Å². The second-order valence-corrected chi connectivity index (χ2v) is 8.82. The van der Waals surface area contributed by atoms with Gasteiger partial charge in [0.05, 0.1) is 17.8 Å². The van der Waals surface area contributed by atoms with Crippen molar-refractivity contribution in [3.8, 4) is 0 Å². The highest BCUT2D eigenvalue weighted by Crippen LogP contribution is 2.54. The van der Waals surface area contributed by atoms with Gasteiger partial charge in [-0.05, 0) is 36.5 Å². The molecule has 9 unspecified atom stereocenters. The van der Waals surface area contributed by atoms with Gasteiger partial charge in [-0.1, -0.05) is 24.3 Å². The summed E-state index contributed by atoms with van der Waals surface area (Å²) in [5.41, 5.74) is 0. The van der Waals surface area contributed by atoms with E-state index in [9.17, 15) is 19.5 Å². The molecule has 6 aliphatic rings. The van der Waals surface area contributed by atoms with E-state index in [1.807, 2.05) is 0 Å². The van der Waals surface area contributed by atoms with Crippen LogP contribution in [0.25, 0.3) is 0 Å². The zero-order valence-electron chi connectivity index (χ0n) is 14.4. The number of rotatable bonds is 3. The molecule has 0 aromatic rings.